The largest absolute Gasteiger partial charge is 0.461 e. The Balaban J connectivity index is 1.83. The van der Waals surface area contributed by atoms with Crippen LogP contribution in [0.3, 0.4) is 0 Å². The summed E-state index contributed by atoms with van der Waals surface area (Å²) in [5.74, 6) is -0.194. The molecule has 0 fully saturated rings. The second kappa shape index (κ2) is 5.85. The van der Waals surface area contributed by atoms with Crippen LogP contribution in [0.1, 0.15) is 11.1 Å². The average Bonchev–Trinajstić information content (AvgIpc) is 2.39. The van der Waals surface area contributed by atoms with Gasteiger partial charge in [-0.3, -0.25) is 4.79 Å². The molecule has 2 aromatic carbocycles. The zero-order chi connectivity index (χ0) is 11.9. The fourth-order valence-corrected chi connectivity index (χ4v) is 1.55. The van der Waals surface area contributed by atoms with E-state index < -0.39 is 0 Å². The number of hydrogen-bond donors (Lipinski definition) is 0. The fourth-order valence-electron chi connectivity index (χ4n) is 1.55. The van der Waals surface area contributed by atoms with Crippen molar-refractivity contribution >= 4 is 5.97 Å². The van der Waals surface area contributed by atoms with Gasteiger partial charge in [-0.05, 0) is 11.1 Å². The summed E-state index contributed by atoms with van der Waals surface area (Å²) in [7, 11) is 0. The summed E-state index contributed by atoms with van der Waals surface area (Å²) in [6.45, 7) is 0.340. The van der Waals surface area contributed by atoms with E-state index >= 15 is 0 Å². The average molecular weight is 226 g/mol. The van der Waals surface area contributed by atoms with Gasteiger partial charge in [0.1, 0.15) is 6.61 Å². The van der Waals surface area contributed by atoms with E-state index in [2.05, 4.69) is 0 Å². The minimum Gasteiger partial charge on any atom is -0.461 e. The highest BCUT2D eigenvalue weighted by Crippen LogP contribution is 2.04. The number of rotatable bonds is 4. The second-order valence-electron chi connectivity index (χ2n) is 3.81. The topological polar surface area (TPSA) is 26.3 Å². The minimum absolute atomic E-state index is 0.194. The molecule has 0 radical (unpaired) electrons. The lowest BCUT2D eigenvalue weighted by Gasteiger charge is -2.04. The van der Waals surface area contributed by atoms with E-state index in [9.17, 15) is 4.79 Å². The first-order chi connectivity index (χ1) is 8.34. The molecule has 0 aromatic heterocycles. The molecule has 0 heterocycles. The standard InChI is InChI=1S/C15H14O2/c16-15(11-13-7-3-1-4-8-13)17-12-14-9-5-2-6-10-14/h1-10H,11-12H2. The van der Waals surface area contributed by atoms with Crippen LogP contribution in [0.2, 0.25) is 0 Å². The lowest BCUT2D eigenvalue weighted by Crippen LogP contribution is -2.07. The van der Waals surface area contributed by atoms with Crippen molar-refractivity contribution in [1.29, 1.82) is 0 Å². The molecule has 0 N–H and O–H groups in total. The summed E-state index contributed by atoms with van der Waals surface area (Å²) in [5.41, 5.74) is 1.99. The monoisotopic (exact) mass is 226 g/mol. The van der Waals surface area contributed by atoms with E-state index in [0.29, 0.717) is 13.0 Å². The summed E-state index contributed by atoms with van der Waals surface area (Å²) >= 11 is 0. The molecule has 0 atom stereocenters. The predicted octanol–water partition coefficient (Wildman–Crippen LogP) is 2.97. The molecule has 2 rings (SSSR count). The van der Waals surface area contributed by atoms with Crippen molar-refractivity contribution in [1.82, 2.24) is 0 Å². The summed E-state index contributed by atoms with van der Waals surface area (Å²) < 4.78 is 5.19. The number of esters is 1. The zero-order valence-corrected chi connectivity index (χ0v) is 9.50. The Labute approximate surface area is 101 Å². The molecule has 2 nitrogen and oxygen atoms in total. The van der Waals surface area contributed by atoms with Crippen molar-refractivity contribution in [2.24, 2.45) is 0 Å². The van der Waals surface area contributed by atoms with Crippen molar-refractivity contribution < 1.29 is 9.53 Å². The summed E-state index contributed by atoms with van der Waals surface area (Å²) in [4.78, 5) is 11.6. The molecule has 2 heteroatoms. The number of hydrogen-bond acceptors (Lipinski definition) is 2. The van der Waals surface area contributed by atoms with E-state index in [0.717, 1.165) is 11.1 Å². The van der Waals surface area contributed by atoms with E-state index in [1.165, 1.54) is 0 Å². The van der Waals surface area contributed by atoms with Gasteiger partial charge >= 0.3 is 5.97 Å². The van der Waals surface area contributed by atoms with Gasteiger partial charge in [0.2, 0.25) is 0 Å². The van der Waals surface area contributed by atoms with Gasteiger partial charge in [-0.2, -0.15) is 0 Å². The van der Waals surface area contributed by atoms with Crippen LogP contribution in [-0.2, 0) is 22.6 Å². The van der Waals surface area contributed by atoms with Gasteiger partial charge in [0.05, 0.1) is 6.42 Å². The first-order valence-corrected chi connectivity index (χ1v) is 5.58. The fraction of sp³-hybridized carbons (Fsp3) is 0.133. The van der Waals surface area contributed by atoms with Gasteiger partial charge in [0.15, 0.2) is 0 Å². The van der Waals surface area contributed by atoms with Gasteiger partial charge in [0, 0.05) is 0 Å². The molecule has 0 aliphatic rings. The number of carbonyl (C=O) groups is 1. The van der Waals surface area contributed by atoms with Crippen LogP contribution in [0, 0.1) is 0 Å². The highest BCUT2D eigenvalue weighted by Gasteiger charge is 2.04. The van der Waals surface area contributed by atoms with Gasteiger partial charge in [0.25, 0.3) is 0 Å². The van der Waals surface area contributed by atoms with Gasteiger partial charge in [-0.15, -0.1) is 0 Å². The highest BCUT2D eigenvalue weighted by atomic mass is 16.5. The van der Waals surface area contributed by atoms with Gasteiger partial charge < -0.3 is 4.74 Å². The molecule has 0 aliphatic heterocycles. The molecule has 0 saturated heterocycles. The van der Waals surface area contributed by atoms with Crippen molar-refractivity contribution in [2.75, 3.05) is 0 Å². The number of ether oxygens (including phenoxy) is 1. The summed E-state index contributed by atoms with van der Waals surface area (Å²) in [5, 5.41) is 0. The van der Waals surface area contributed by atoms with Crippen molar-refractivity contribution in [3.8, 4) is 0 Å². The molecule has 0 aliphatic carbocycles. The summed E-state index contributed by atoms with van der Waals surface area (Å²) in [6.07, 6.45) is 0.327. The molecule has 0 spiro atoms. The van der Waals surface area contributed by atoms with Crippen LogP contribution < -0.4 is 0 Å². The molecule has 17 heavy (non-hydrogen) atoms. The van der Waals surface area contributed by atoms with Crippen molar-refractivity contribution in [2.45, 2.75) is 13.0 Å². The lowest BCUT2D eigenvalue weighted by molar-refractivity contribution is -0.144. The van der Waals surface area contributed by atoms with E-state index in [4.69, 9.17) is 4.74 Å². The Bertz CT molecular complexity index is 463. The van der Waals surface area contributed by atoms with E-state index in [1.807, 2.05) is 60.7 Å². The smallest absolute Gasteiger partial charge is 0.310 e. The van der Waals surface area contributed by atoms with E-state index in [-0.39, 0.29) is 5.97 Å². The highest BCUT2D eigenvalue weighted by molar-refractivity contribution is 5.72. The third-order valence-electron chi connectivity index (χ3n) is 2.43. The van der Waals surface area contributed by atoms with Crippen LogP contribution in [-0.4, -0.2) is 5.97 Å². The third kappa shape index (κ3) is 3.76. The maximum absolute atomic E-state index is 11.6. The molecular weight excluding hydrogens is 212 g/mol. The second-order valence-corrected chi connectivity index (χ2v) is 3.81. The molecule has 2 aromatic rings. The first-order valence-electron chi connectivity index (χ1n) is 5.58. The molecule has 0 saturated carbocycles. The van der Waals surface area contributed by atoms with E-state index in [1.54, 1.807) is 0 Å². The van der Waals surface area contributed by atoms with Gasteiger partial charge in [-0.25, -0.2) is 0 Å². The van der Waals surface area contributed by atoms with Crippen LogP contribution in [0.15, 0.2) is 60.7 Å². The normalized spacial score (nSPS) is 9.88. The maximum Gasteiger partial charge on any atom is 0.310 e. The zero-order valence-electron chi connectivity index (χ0n) is 9.50. The summed E-state index contributed by atoms with van der Waals surface area (Å²) in [6, 6.07) is 19.3. The first kappa shape index (κ1) is 11.4. The third-order valence-corrected chi connectivity index (χ3v) is 2.43. The molecule has 86 valence electrons. The number of benzene rings is 2. The Hall–Kier alpha value is -2.09. The van der Waals surface area contributed by atoms with Crippen LogP contribution >= 0.6 is 0 Å². The minimum atomic E-state index is -0.194. The Morgan fingerprint density at radius 3 is 1.94 bits per heavy atom. The van der Waals surface area contributed by atoms with Crippen LogP contribution in [0.4, 0.5) is 0 Å². The molecule has 0 unspecified atom stereocenters. The SMILES string of the molecule is O=C(Cc1ccccc1)OCc1ccccc1. The Morgan fingerprint density at radius 2 is 1.35 bits per heavy atom. The Morgan fingerprint density at radius 1 is 0.824 bits per heavy atom. The maximum atomic E-state index is 11.6. The quantitative estimate of drug-likeness (QED) is 0.749. The Kier molecular flexibility index (Phi) is 3.92. The predicted molar refractivity (Wildman–Crippen MR) is 66.4 cm³/mol. The molecule has 0 bridgehead atoms. The number of carbonyl (C=O) groups excluding carboxylic acids is 1. The lowest BCUT2D eigenvalue weighted by atomic mass is 10.1. The van der Waals surface area contributed by atoms with Crippen molar-refractivity contribution in [3.63, 3.8) is 0 Å². The van der Waals surface area contributed by atoms with Crippen LogP contribution in [0.5, 0.6) is 0 Å². The molecular formula is C15H14O2. The van der Waals surface area contributed by atoms with Gasteiger partial charge in [-0.1, -0.05) is 60.7 Å². The van der Waals surface area contributed by atoms with Crippen LogP contribution in [0.25, 0.3) is 0 Å². The van der Waals surface area contributed by atoms with Crippen molar-refractivity contribution in [3.05, 3.63) is 71.8 Å². The molecule has 0 amide bonds.